The number of Topliss-reactive ketones (excluding diaryl/α,β-unsaturated/α-hetero) is 1. The summed E-state index contributed by atoms with van der Waals surface area (Å²) in [6, 6.07) is 17.3. The third-order valence-electron chi connectivity index (χ3n) is 5.51. The number of halogens is 1. The van der Waals surface area contributed by atoms with Crippen LogP contribution in [0.25, 0.3) is 17.0 Å². The van der Waals surface area contributed by atoms with Crippen LogP contribution in [-0.4, -0.2) is 17.5 Å². The van der Waals surface area contributed by atoms with Gasteiger partial charge in [-0.05, 0) is 42.5 Å². The first-order chi connectivity index (χ1) is 15.5. The molecule has 32 heavy (non-hydrogen) atoms. The molecule has 5 rings (SSSR count). The second-order valence-electron chi connectivity index (χ2n) is 7.56. The largest absolute Gasteiger partial charge is 0.497 e. The third-order valence-corrected chi connectivity index (χ3v) is 5.51. The zero-order valence-corrected chi connectivity index (χ0v) is 17.6. The molecule has 1 aromatic heterocycles. The van der Waals surface area contributed by atoms with Crippen LogP contribution in [0.5, 0.6) is 17.2 Å². The molecule has 0 aliphatic carbocycles. The van der Waals surface area contributed by atoms with Crippen LogP contribution in [0.4, 0.5) is 4.39 Å². The quantitative estimate of drug-likeness (QED) is 0.392. The Hall–Kier alpha value is -4.06. The lowest BCUT2D eigenvalue weighted by Gasteiger charge is -2.08. The predicted molar refractivity (Wildman–Crippen MR) is 120 cm³/mol. The highest BCUT2D eigenvalue weighted by atomic mass is 19.1. The van der Waals surface area contributed by atoms with Crippen LogP contribution in [0.15, 0.2) is 72.6 Å². The minimum atomic E-state index is -0.322. The average Bonchev–Trinajstić information content (AvgIpc) is 3.28. The van der Waals surface area contributed by atoms with E-state index in [1.807, 2.05) is 36.0 Å². The second-order valence-corrected chi connectivity index (χ2v) is 7.56. The van der Waals surface area contributed by atoms with Crippen molar-refractivity contribution in [1.29, 1.82) is 0 Å². The van der Waals surface area contributed by atoms with Gasteiger partial charge in [0.25, 0.3) is 0 Å². The molecule has 0 amide bonds. The highest BCUT2D eigenvalue weighted by Crippen LogP contribution is 2.36. The van der Waals surface area contributed by atoms with Gasteiger partial charge in [0, 0.05) is 41.3 Å². The number of ketones is 1. The Bertz CT molecular complexity index is 1390. The van der Waals surface area contributed by atoms with E-state index in [1.54, 1.807) is 49.6 Å². The molecule has 2 heterocycles. The molecular weight excluding hydrogens is 409 g/mol. The Morgan fingerprint density at radius 2 is 1.88 bits per heavy atom. The number of aryl methyl sites for hydroxylation is 1. The summed E-state index contributed by atoms with van der Waals surface area (Å²) in [5.74, 6) is 1.38. The van der Waals surface area contributed by atoms with Gasteiger partial charge in [0.1, 0.15) is 29.7 Å². The maximum Gasteiger partial charge on any atom is 0.231 e. The Balaban J connectivity index is 1.41. The minimum Gasteiger partial charge on any atom is -0.497 e. The van der Waals surface area contributed by atoms with Crippen LogP contribution < -0.4 is 14.2 Å². The molecule has 1 aliphatic rings. The maximum absolute atomic E-state index is 13.8. The van der Waals surface area contributed by atoms with E-state index in [2.05, 4.69) is 0 Å². The van der Waals surface area contributed by atoms with Crippen LogP contribution in [0.1, 0.15) is 21.5 Å². The van der Waals surface area contributed by atoms with Crippen molar-refractivity contribution in [2.24, 2.45) is 7.05 Å². The Morgan fingerprint density at radius 1 is 1.06 bits per heavy atom. The number of carbonyl (C=O) groups excluding carboxylic acids is 1. The van der Waals surface area contributed by atoms with Crippen molar-refractivity contribution in [3.8, 4) is 17.2 Å². The molecule has 4 aromatic rings. The lowest BCUT2D eigenvalue weighted by Crippen LogP contribution is -1.98. The number of fused-ring (bicyclic) bond motifs is 2. The molecular formula is C26H20FNO4. The van der Waals surface area contributed by atoms with Crippen molar-refractivity contribution in [2.45, 2.75) is 6.61 Å². The zero-order chi connectivity index (χ0) is 22.2. The van der Waals surface area contributed by atoms with Crippen LogP contribution in [-0.2, 0) is 13.7 Å². The molecule has 0 spiro atoms. The zero-order valence-electron chi connectivity index (χ0n) is 17.6. The molecule has 0 N–H and O–H groups in total. The Labute approximate surface area is 184 Å². The average molecular weight is 429 g/mol. The number of carbonyl (C=O) groups is 1. The van der Waals surface area contributed by atoms with Gasteiger partial charge in [-0.25, -0.2) is 4.39 Å². The fraction of sp³-hybridized carbons (Fsp3) is 0.115. The number of methoxy groups -OCH3 is 1. The minimum absolute atomic E-state index is 0.0833. The standard InChI is InChI=1S/C26H20FNO4/c1-28-14-17(21-12-18(30-2)8-10-23(21)28)11-25-26(29)20-9-7-19(13-24(20)32-25)31-15-16-5-3-4-6-22(16)27/h3-14H,15H2,1-2H3. The van der Waals surface area contributed by atoms with E-state index in [1.165, 1.54) is 6.07 Å². The van der Waals surface area contributed by atoms with Gasteiger partial charge < -0.3 is 18.8 Å². The molecule has 0 bridgehead atoms. The van der Waals surface area contributed by atoms with Gasteiger partial charge in [-0.2, -0.15) is 0 Å². The van der Waals surface area contributed by atoms with Crippen LogP contribution in [0.3, 0.4) is 0 Å². The molecule has 0 fully saturated rings. The summed E-state index contributed by atoms with van der Waals surface area (Å²) in [4.78, 5) is 12.9. The molecule has 1 aliphatic heterocycles. The number of allylic oxidation sites excluding steroid dienone is 1. The van der Waals surface area contributed by atoms with Crippen LogP contribution >= 0.6 is 0 Å². The lowest BCUT2D eigenvalue weighted by molar-refractivity contribution is 0.101. The highest BCUT2D eigenvalue weighted by Gasteiger charge is 2.28. The summed E-state index contributed by atoms with van der Waals surface area (Å²) < 4.78 is 32.7. The maximum atomic E-state index is 13.8. The number of ether oxygens (including phenoxy) is 3. The summed E-state index contributed by atoms with van der Waals surface area (Å²) in [6.07, 6.45) is 3.68. The van der Waals surface area contributed by atoms with Crippen molar-refractivity contribution in [3.63, 3.8) is 0 Å². The fourth-order valence-corrected chi connectivity index (χ4v) is 3.82. The molecule has 6 heteroatoms. The smallest absolute Gasteiger partial charge is 0.231 e. The van der Waals surface area contributed by atoms with Crippen molar-refractivity contribution in [3.05, 3.63) is 95.1 Å². The number of hydrogen-bond acceptors (Lipinski definition) is 4. The van der Waals surface area contributed by atoms with E-state index < -0.39 is 0 Å². The first-order valence-corrected chi connectivity index (χ1v) is 10.1. The Morgan fingerprint density at radius 3 is 2.69 bits per heavy atom. The SMILES string of the molecule is COc1ccc2c(c1)c(C=C1Oc3cc(OCc4ccccc4F)ccc3C1=O)cn2C. The number of hydrogen-bond donors (Lipinski definition) is 0. The molecule has 160 valence electrons. The molecule has 0 unspecified atom stereocenters. The van der Waals surface area contributed by atoms with E-state index in [0.29, 0.717) is 22.6 Å². The number of benzene rings is 3. The first-order valence-electron chi connectivity index (χ1n) is 10.1. The molecule has 3 aromatic carbocycles. The van der Waals surface area contributed by atoms with Gasteiger partial charge >= 0.3 is 0 Å². The summed E-state index contributed by atoms with van der Waals surface area (Å²) in [7, 11) is 3.57. The van der Waals surface area contributed by atoms with E-state index in [-0.39, 0.29) is 24.0 Å². The second kappa shape index (κ2) is 7.89. The monoisotopic (exact) mass is 429 g/mol. The van der Waals surface area contributed by atoms with Crippen LogP contribution in [0.2, 0.25) is 0 Å². The summed E-state index contributed by atoms with van der Waals surface area (Å²) in [5.41, 5.74) is 2.79. The highest BCUT2D eigenvalue weighted by molar-refractivity contribution is 6.15. The van der Waals surface area contributed by atoms with Gasteiger partial charge in [-0.15, -0.1) is 0 Å². The third kappa shape index (κ3) is 3.50. The molecule has 0 radical (unpaired) electrons. The van der Waals surface area contributed by atoms with Gasteiger partial charge in [0.05, 0.1) is 12.7 Å². The number of aromatic nitrogens is 1. The lowest BCUT2D eigenvalue weighted by atomic mass is 10.1. The Kier molecular flexibility index (Phi) is 4.90. The normalized spacial score (nSPS) is 14.0. The molecule has 0 atom stereocenters. The molecule has 5 nitrogen and oxygen atoms in total. The summed E-state index contributed by atoms with van der Waals surface area (Å²) in [6.45, 7) is 0.0833. The van der Waals surface area contributed by atoms with Crippen molar-refractivity contribution in [2.75, 3.05) is 7.11 Å². The number of rotatable bonds is 5. The van der Waals surface area contributed by atoms with Crippen molar-refractivity contribution < 1.29 is 23.4 Å². The van der Waals surface area contributed by atoms with Gasteiger partial charge in [0.15, 0.2) is 5.76 Å². The van der Waals surface area contributed by atoms with Crippen molar-refractivity contribution in [1.82, 2.24) is 4.57 Å². The van der Waals surface area contributed by atoms with Gasteiger partial charge in [-0.3, -0.25) is 4.79 Å². The summed E-state index contributed by atoms with van der Waals surface area (Å²) >= 11 is 0. The molecule has 0 saturated heterocycles. The number of nitrogens with zero attached hydrogens (tertiary/aromatic N) is 1. The van der Waals surface area contributed by atoms with Crippen LogP contribution in [0, 0.1) is 5.82 Å². The van der Waals surface area contributed by atoms with Crippen molar-refractivity contribution >= 4 is 22.8 Å². The summed E-state index contributed by atoms with van der Waals surface area (Å²) in [5, 5.41) is 0.959. The molecule has 0 saturated carbocycles. The predicted octanol–water partition coefficient (Wildman–Crippen LogP) is 5.52. The van der Waals surface area contributed by atoms with E-state index >= 15 is 0 Å². The first kappa shape index (κ1) is 19.9. The fourth-order valence-electron chi connectivity index (χ4n) is 3.82. The van der Waals surface area contributed by atoms with E-state index in [0.717, 1.165) is 22.2 Å². The van der Waals surface area contributed by atoms with E-state index in [4.69, 9.17) is 14.2 Å². The van der Waals surface area contributed by atoms with Gasteiger partial charge in [-0.1, -0.05) is 18.2 Å². The van der Waals surface area contributed by atoms with Gasteiger partial charge in [0.2, 0.25) is 5.78 Å². The van der Waals surface area contributed by atoms with E-state index in [9.17, 15) is 9.18 Å². The topological polar surface area (TPSA) is 49.7 Å².